The minimum Gasteiger partial charge on any atom is -0.262 e. The van der Waals surface area contributed by atoms with Crippen molar-refractivity contribution in [3.05, 3.63) is 22.6 Å². The van der Waals surface area contributed by atoms with Gasteiger partial charge in [-0.3, -0.25) is 5.10 Å². The fraction of sp³-hybridized carbons (Fsp3) is 0.429. The quantitative estimate of drug-likeness (QED) is 0.750. The van der Waals surface area contributed by atoms with Crippen molar-refractivity contribution in [3.8, 4) is 0 Å². The average Bonchev–Trinajstić information content (AvgIpc) is 3.11. The van der Waals surface area contributed by atoms with Crippen molar-refractivity contribution >= 4 is 33.3 Å². The second-order valence-electron chi connectivity index (χ2n) is 5.09. The van der Waals surface area contributed by atoms with Gasteiger partial charge in [-0.2, -0.15) is 0 Å². The zero-order valence-electron chi connectivity index (χ0n) is 11.7. The Labute approximate surface area is 130 Å². The Bertz CT molecular complexity index is 792. The van der Waals surface area contributed by atoms with Crippen molar-refractivity contribution < 1.29 is 0 Å². The molecule has 0 unspecified atom stereocenters. The number of hydrogen-bond acceptors (Lipinski definition) is 6. The molecule has 1 aliphatic rings. The summed E-state index contributed by atoms with van der Waals surface area (Å²) in [6, 6.07) is 0. The van der Waals surface area contributed by atoms with Crippen LogP contribution in [0.2, 0.25) is 0 Å². The average molecular weight is 317 g/mol. The fourth-order valence-electron chi connectivity index (χ4n) is 2.71. The van der Waals surface area contributed by atoms with Gasteiger partial charge in [0.2, 0.25) is 5.16 Å². The molecule has 21 heavy (non-hydrogen) atoms. The van der Waals surface area contributed by atoms with Crippen LogP contribution in [0, 0.1) is 0 Å². The summed E-state index contributed by atoms with van der Waals surface area (Å²) in [5.41, 5.74) is 1.45. The lowest BCUT2D eigenvalue weighted by Crippen LogP contribution is -1.99. The van der Waals surface area contributed by atoms with Gasteiger partial charge in [0.25, 0.3) is 0 Å². The van der Waals surface area contributed by atoms with Crippen LogP contribution in [0.1, 0.15) is 36.0 Å². The maximum Gasteiger partial charge on any atom is 0.214 e. The number of nitrogens with zero attached hydrogens (tertiary/aromatic N) is 4. The van der Waals surface area contributed by atoms with E-state index in [2.05, 4.69) is 32.1 Å². The number of aromatic nitrogens is 5. The Morgan fingerprint density at radius 1 is 1.29 bits per heavy atom. The number of nitrogens with one attached hydrogen (secondary N) is 1. The molecule has 1 aliphatic carbocycles. The third kappa shape index (κ3) is 2.34. The Kier molecular flexibility index (Phi) is 3.39. The summed E-state index contributed by atoms with van der Waals surface area (Å²) < 4.78 is 0. The molecule has 0 atom stereocenters. The third-order valence-electron chi connectivity index (χ3n) is 3.75. The molecule has 4 rings (SSSR count). The molecule has 1 N–H and O–H groups in total. The molecule has 0 aliphatic heterocycles. The van der Waals surface area contributed by atoms with Gasteiger partial charge in [-0.05, 0) is 43.0 Å². The highest BCUT2D eigenvalue weighted by molar-refractivity contribution is 7.99. The van der Waals surface area contributed by atoms with Crippen LogP contribution in [0.4, 0.5) is 0 Å². The number of hydrogen-bond donors (Lipinski definition) is 1. The normalized spacial score (nSPS) is 14.5. The van der Waals surface area contributed by atoms with Gasteiger partial charge in [-0.1, -0.05) is 6.92 Å². The zero-order chi connectivity index (χ0) is 14.2. The van der Waals surface area contributed by atoms with E-state index in [-0.39, 0.29) is 0 Å². The number of fused-ring (bicyclic) bond motifs is 3. The third-order valence-corrected chi connectivity index (χ3v) is 5.82. The van der Waals surface area contributed by atoms with Gasteiger partial charge in [0.1, 0.15) is 22.0 Å². The first-order chi connectivity index (χ1) is 10.3. The Morgan fingerprint density at radius 2 is 2.19 bits per heavy atom. The number of aryl methyl sites for hydroxylation is 3. The molecule has 0 fully saturated rings. The summed E-state index contributed by atoms with van der Waals surface area (Å²) >= 11 is 3.35. The SMILES string of the molecule is CCc1nc(Sc2ncnc3sc4c(c23)CCCC4)n[nH]1. The van der Waals surface area contributed by atoms with E-state index in [4.69, 9.17) is 0 Å². The first kappa shape index (κ1) is 13.2. The van der Waals surface area contributed by atoms with Gasteiger partial charge in [-0.15, -0.1) is 16.4 Å². The van der Waals surface area contributed by atoms with Crippen molar-refractivity contribution in [2.45, 2.75) is 49.2 Å². The number of thiophene rings is 1. The molecule has 0 radical (unpaired) electrons. The highest BCUT2D eigenvalue weighted by Gasteiger charge is 2.20. The highest BCUT2D eigenvalue weighted by Crippen LogP contribution is 2.40. The smallest absolute Gasteiger partial charge is 0.214 e. The summed E-state index contributed by atoms with van der Waals surface area (Å²) in [5.74, 6) is 0.912. The number of rotatable bonds is 3. The molecule has 108 valence electrons. The van der Waals surface area contributed by atoms with Crippen LogP contribution in [0.25, 0.3) is 10.2 Å². The molecule has 0 spiro atoms. The van der Waals surface area contributed by atoms with Gasteiger partial charge < -0.3 is 0 Å². The Hall–Kier alpha value is -1.47. The summed E-state index contributed by atoms with van der Waals surface area (Å²) in [6.07, 6.45) is 7.39. The van der Waals surface area contributed by atoms with Gasteiger partial charge in [-0.25, -0.2) is 15.0 Å². The molecule has 7 heteroatoms. The Balaban J connectivity index is 1.79. The van der Waals surface area contributed by atoms with E-state index in [1.807, 2.05) is 11.3 Å². The lowest BCUT2D eigenvalue weighted by molar-refractivity contribution is 0.699. The van der Waals surface area contributed by atoms with E-state index in [0.29, 0.717) is 0 Å². The topological polar surface area (TPSA) is 67.3 Å². The molecule has 0 amide bonds. The maximum atomic E-state index is 4.48. The van der Waals surface area contributed by atoms with E-state index < -0.39 is 0 Å². The van der Waals surface area contributed by atoms with Gasteiger partial charge >= 0.3 is 0 Å². The largest absolute Gasteiger partial charge is 0.262 e. The van der Waals surface area contributed by atoms with Gasteiger partial charge in [0.15, 0.2) is 0 Å². The van der Waals surface area contributed by atoms with Crippen molar-refractivity contribution in [3.63, 3.8) is 0 Å². The summed E-state index contributed by atoms with van der Waals surface area (Å²) in [6.45, 7) is 2.06. The van der Waals surface area contributed by atoms with Crippen molar-refractivity contribution in [1.29, 1.82) is 0 Å². The molecule has 3 aromatic rings. The fourth-order valence-corrected chi connectivity index (χ4v) is 4.84. The molecule has 0 saturated heterocycles. The van der Waals surface area contributed by atoms with Crippen LogP contribution in [0.3, 0.4) is 0 Å². The first-order valence-corrected chi connectivity index (χ1v) is 8.83. The lowest BCUT2D eigenvalue weighted by Gasteiger charge is -2.10. The van der Waals surface area contributed by atoms with Gasteiger partial charge in [0.05, 0.1) is 0 Å². The predicted octanol–water partition coefficient (Wildman–Crippen LogP) is 3.40. The molecule has 0 saturated carbocycles. The van der Waals surface area contributed by atoms with E-state index in [9.17, 15) is 0 Å². The second kappa shape index (κ2) is 5.38. The molecular formula is C14H15N5S2. The molecule has 0 aromatic carbocycles. The number of H-pyrrole nitrogens is 1. The van der Waals surface area contributed by atoms with Crippen LogP contribution >= 0.6 is 23.1 Å². The zero-order valence-corrected chi connectivity index (χ0v) is 13.4. The van der Waals surface area contributed by atoms with Crippen LogP contribution in [0.15, 0.2) is 16.5 Å². The monoisotopic (exact) mass is 317 g/mol. The van der Waals surface area contributed by atoms with Gasteiger partial charge in [0, 0.05) is 16.7 Å². The molecule has 3 heterocycles. The maximum absolute atomic E-state index is 4.48. The summed E-state index contributed by atoms with van der Waals surface area (Å²) in [4.78, 5) is 16.0. The molecule has 0 bridgehead atoms. The van der Waals surface area contributed by atoms with E-state index in [0.717, 1.165) is 33.7 Å². The van der Waals surface area contributed by atoms with Crippen molar-refractivity contribution in [2.75, 3.05) is 0 Å². The minimum absolute atomic E-state index is 0.739. The standard InChI is InChI=1S/C14H15N5S2/c1-2-10-17-14(19-18-10)21-13-11-8-5-3-4-6-9(8)20-12(11)15-7-16-13/h7H,2-6H2,1H3,(H,17,18,19). The molecular weight excluding hydrogens is 302 g/mol. The van der Waals surface area contributed by atoms with E-state index >= 15 is 0 Å². The highest BCUT2D eigenvalue weighted by atomic mass is 32.2. The second-order valence-corrected chi connectivity index (χ2v) is 7.13. The van der Waals surface area contributed by atoms with Crippen LogP contribution < -0.4 is 0 Å². The first-order valence-electron chi connectivity index (χ1n) is 7.19. The van der Waals surface area contributed by atoms with Crippen molar-refractivity contribution in [2.24, 2.45) is 0 Å². The van der Waals surface area contributed by atoms with Crippen LogP contribution in [0.5, 0.6) is 0 Å². The van der Waals surface area contributed by atoms with Crippen LogP contribution in [-0.4, -0.2) is 25.1 Å². The summed E-state index contributed by atoms with van der Waals surface area (Å²) in [5, 5.41) is 10.2. The van der Waals surface area contributed by atoms with E-state index in [1.165, 1.54) is 46.9 Å². The molecule has 5 nitrogen and oxygen atoms in total. The molecule has 3 aromatic heterocycles. The Morgan fingerprint density at radius 3 is 3.05 bits per heavy atom. The van der Waals surface area contributed by atoms with Crippen molar-refractivity contribution in [1.82, 2.24) is 25.1 Å². The van der Waals surface area contributed by atoms with Crippen LogP contribution in [-0.2, 0) is 19.3 Å². The predicted molar refractivity (Wildman–Crippen MR) is 83.9 cm³/mol. The minimum atomic E-state index is 0.739. The van der Waals surface area contributed by atoms with E-state index in [1.54, 1.807) is 6.33 Å². The lowest BCUT2D eigenvalue weighted by atomic mass is 9.97. The number of aromatic amines is 1. The summed E-state index contributed by atoms with van der Waals surface area (Å²) in [7, 11) is 0.